The maximum Gasteiger partial charge on any atom is 0.199 e. The van der Waals surface area contributed by atoms with Gasteiger partial charge >= 0.3 is 0 Å². The lowest BCUT2D eigenvalue weighted by Gasteiger charge is -2.57. The van der Waals surface area contributed by atoms with Crippen LogP contribution in [0.25, 0.3) is 0 Å². The second-order valence-electron chi connectivity index (χ2n) is 7.36. The highest BCUT2D eigenvalue weighted by Crippen LogP contribution is 2.55. The van der Waals surface area contributed by atoms with E-state index in [2.05, 4.69) is 18.0 Å². The number of likely N-dealkylation sites (N-methyl/N-ethyl adjacent to an activating group) is 1. The van der Waals surface area contributed by atoms with Crippen LogP contribution in [0.15, 0.2) is 12.1 Å². The molecular formula is C19H23NO4. The normalized spacial score (nSPS) is 32.1. The molecule has 1 heterocycles. The van der Waals surface area contributed by atoms with E-state index >= 15 is 0 Å². The van der Waals surface area contributed by atoms with Crippen LogP contribution in [0, 0.1) is 5.92 Å². The van der Waals surface area contributed by atoms with Crippen LogP contribution in [0.2, 0.25) is 0 Å². The molecule has 4 rings (SSSR count). The van der Waals surface area contributed by atoms with Gasteiger partial charge in [0.2, 0.25) is 0 Å². The molecule has 2 bridgehead atoms. The number of carbonyl (C=O) groups is 2. The second kappa shape index (κ2) is 5.31. The van der Waals surface area contributed by atoms with Crippen LogP contribution in [-0.2, 0) is 21.4 Å². The van der Waals surface area contributed by atoms with Crippen molar-refractivity contribution in [3.8, 4) is 11.5 Å². The van der Waals surface area contributed by atoms with E-state index in [9.17, 15) is 9.59 Å². The predicted octanol–water partition coefficient (Wildman–Crippen LogP) is 1.75. The molecule has 0 amide bonds. The van der Waals surface area contributed by atoms with Gasteiger partial charge in [0.05, 0.1) is 14.2 Å². The first-order valence-corrected chi connectivity index (χ1v) is 8.52. The molecule has 0 unspecified atom stereocenters. The molecule has 1 aliphatic heterocycles. The standard InChI is InChI=1S/C19H23NO4/c1-20-5-4-19-10-16(22)15(21)8-13(19)14(20)6-11-7-17(23-2)18(24-3)9-12(11)19/h7,9,13-14H,4-6,8,10H2,1-3H3/t13-,14-,19-/m0/s1. The number of hydrogen-bond donors (Lipinski definition) is 0. The Balaban J connectivity index is 1.92. The number of carbonyl (C=O) groups excluding carboxylic acids is 2. The van der Waals surface area contributed by atoms with Crippen LogP contribution in [0.1, 0.15) is 30.4 Å². The van der Waals surface area contributed by atoms with Gasteiger partial charge in [0.25, 0.3) is 0 Å². The molecule has 3 aliphatic rings. The summed E-state index contributed by atoms with van der Waals surface area (Å²) < 4.78 is 11.0. The maximum absolute atomic E-state index is 12.3. The Kier molecular flexibility index (Phi) is 3.46. The van der Waals surface area contributed by atoms with E-state index in [1.54, 1.807) is 14.2 Å². The van der Waals surface area contributed by atoms with Gasteiger partial charge in [0.1, 0.15) is 0 Å². The zero-order valence-corrected chi connectivity index (χ0v) is 14.4. The summed E-state index contributed by atoms with van der Waals surface area (Å²) >= 11 is 0. The Bertz CT molecular complexity index is 728. The van der Waals surface area contributed by atoms with Crippen LogP contribution in [-0.4, -0.2) is 50.3 Å². The molecule has 1 saturated heterocycles. The van der Waals surface area contributed by atoms with Gasteiger partial charge in [-0.05, 0) is 55.6 Å². The fourth-order valence-electron chi connectivity index (χ4n) is 5.16. The zero-order valence-electron chi connectivity index (χ0n) is 14.4. The number of Topliss-reactive ketones (excluding diaryl/α,β-unsaturated/α-hetero) is 2. The topological polar surface area (TPSA) is 55.8 Å². The molecule has 1 saturated carbocycles. The smallest absolute Gasteiger partial charge is 0.199 e. The quantitative estimate of drug-likeness (QED) is 0.774. The van der Waals surface area contributed by atoms with Crippen molar-refractivity contribution in [1.82, 2.24) is 4.90 Å². The van der Waals surface area contributed by atoms with Gasteiger partial charge < -0.3 is 14.4 Å². The van der Waals surface area contributed by atoms with Crippen molar-refractivity contribution in [2.75, 3.05) is 27.8 Å². The van der Waals surface area contributed by atoms with Crippen LogP contribution < -0.4 is 9.47 Å². The molecule has 2 fully saturated rings. The number of ether oxygens (including phenoxy) is 2. The molecule has 0 radical (unpaired) electrons. The number of nitrogens with zero attached hydrogens (tertiary/aromatic N) is 1. The summed E-state index contributed by atoms with van der Waals surface area (Å²) in [5.41, 5.74) is 2.19. The van der Waals surface area contributed by atoms with Crippen molar-refractivity contribution in [2.24, 2.45) is 5.92 Å². The Morgan fingerprint density at radius 2 is 1.79 bits per heavy atom. The maximum atomic E-state index is 12.3. The number of piperidine rings is 1. The third-order valence-electron chi connectivity index (χ3n) is 6.42. The highest BCUT2D eigenvalue weighted by molar-refractivity contribution is 6.38. The number of rotatable bonds is 2. The SMILES string of the molecule is COc1cc2c(cc1OC)[C@@]13CCN(C)[C@@H](C2)[C@@H]1CC(=O)C(=O)C3. The van der Waals surface area contributed by atoms with Gasteiger partial charge in [-0.15, -0.1) is 0 Å². The average Bonchev–Trinajstić information content (AvgIpc) is 2.58. The first kappa shape index (κ1) is 15.6. The molecule has 5 heteroatoms. The average molecular weight is 329 g/mol. The molecule has 128 valence electrons. The molecule has 5 nitrogen and oxygen atoms in total. The van der Waals surface area contributed by atoms with Gasteiger partial charge in [-0.2, -0.15) is 0 Å². The molecule has 1 aromatic carbocycles. The Labute approximate surface area is 141 Å². The lowest BCUT2D eigenvalue weighted by molar-refractivity contribution is -0.144. The largest absolute Gasteiger partial charge is 0.493 e. The minimum Gasteiger partial charge on any atom is -0.493 e. The molecule has 1 aromatic rings. The van der Waals surface area contributed by atoms with Crippen molar-refractivity contribution < 1.29 is 19.1 Å². The third kappa shape index (κ3) is 1.97. The molecule has 24 heavy (non-hydrogen) atoms. The van der Waals surface area contributed by atoms with Gasteiger partial charge in [-0.1, -0.05) is 0 Å². The van der Waals surface area contributed by atoms with Crippen molar-refractivity contribution in [3.63, 3.8) is 0 Å². The zero-order chi connectivity index (χ0) is 17.1. The number of fused-ring (bicyclic) bond motifs is 1. The first-order chi connectivity index (χ1) is 11.5. The van der Waals surface area contributed by atoms with Crippen LogP contribution in [0.4, 0.5) is 0 Å². The van der Waals surface area contributed by atoms with Gasteiger partial charge in [0, 0.05) is 24.3 Å². The van der Waals surface area contributed by atoms with Crippen molar-refractivity contribution in [1.29, 1.82) is 0 Å². The van der Waals surface area contributed by atoms with E-state index in [1.165, 1.54) is 11.1 Å². The molecule has 3 atom stereocenters. The lowest BCUT2D eigenvalue weighted by atomic mass is 9.52. The number of benzene rings is 1. The van der Waals surface area contributed by atoms with Crippen molar-refractivity contribution in [2.45, 2.75) is 37.1 Å². The summed E-state index contributed by atoms with van der Waals surface area (Å²) in [7, 11) is 5.40. The summed E-state index contributed by atoms with van der Waals surface area (Å²) in [5, 5.41) is 0. The molecular weight excluding hydrogens is 306 g/mol. The van der Waals surface area contributed by atoms with Crippen molar-refractivity contribution >= 4 is 11.6 Å². The second-order valence-corrected chi connectivity index (χ2v) is 7.36. The minimum absolute atomic E-state index is 0.195. The van der Waals surface area contributed by atoms with Gasteiger partial charge in [0.15, 0.2) is 23.1 Å². The summed E-state index contributed by atoms with van der Waals surface area (Å²) in [6, 6.07) is 4.41. The highest BCUT2D eigenvalue weighted by atomic mass is 16.5. The first-order valence-electron chi connectivity index (χ1n) is 8.52. The Morgan fingerprint density at radius 3 is 2.50 bits per heavy atom. The summed E-state index contributed by atoms with van der Waals surface area (Å²) in [6.07, 6.45) is 2.51. The molecule has 0 N–H and O–H groups in total. The third-order valence-corrected chi connectivity index (χ3v) is 6.42. The van der Waals surface area contributed by atoms with E-state index in [1.807, 2.05) is 6.07 Å². The summed E-state index contributed by atoms with van der Waals surface area (Å²) in [6.45, 7) is 0.955. The summed E-state index contributed by atoms with van der Waals surface area (Å²) in [4.78, 5) is 26.8. The number of methoxy groups -OCH3 is 2. The van der Waals surface area contributed by atoms with E-state index in [4.69, 9.17) is 9.47 Å². The Hall–Kier alpha value is -1.88. The van der Waals surface area contributed by atoms with E-state index in [0.29, 0.717) is 24.6 Å². The van der Waals surface area contributed by atoms with Gasteiger partial charge in [-0.3, -0.25) is 9.59 Å². The lowest BCUT2D eigenvalue weighted by Crippen LogP contribution is -2.62. The molecule has 0 aromatic heterocycles. The van der Waals surface area contributed by atoms with E-state index in [0.717, 1.165) is 25.1 Å². The summed E-state index contributed by atoms with van der Waals surface area (Å²) in [5.74, 6) is 1.24. The molecule has 0 spiro atoms. The van der Waals surface area contributed by atoms with E-state index in [-0.39, 0.29) is 22.9 Å². The van der Waals surface area contributed by atoms with Crippen molar-refractivity contribution in [3.05, 3.63) is 23.3 Å². The fraction of sp³-hybridized carbons (Fsp3) is 0.579. The number of ketones is 2. The van der Waals surface area contributed by atoms with Crippen LogP contribution in [0.5, 0.6) is 11.5 Å². The monoisotopic (exact) mass is 329 g/mol. The highest BCUT2D eigenvalue weighted by Gasteiger charge is 2.57. The fourth-order valence-corrected chi connectivity index (χ4v) is 5.16. The number of likely N-dealkylation sites (tertiary alicyclic amines) is 1. The van der Waals surface area contributed by atoms with Crippen LogP contribution >= 0.6 is 0 Å². The molecule has 2 aliphatic carbocycles. The van der Waals surface area contributed by atoms with Crippen LogP contribution in [0.3, 0.4) is 0 Å². The minimum atomic E-state index is -0.227. The van der Waals surface area contributed by atoms with Gasteiger partial charge in [-0.25, -0.2) is 0 Å². The van der Waals surface area contributed by atoms with E-state index < -0.39 is 0 Å². The number of hydrogen-bond acceptors (Lipinski definition) is 5. The predicted molar refractivity (Wildman–Crippen MR) is 88.7 cm³/mol. The Morgan fingerprint density at radius 1 is 1.08 bits per heavy atom.